The number of amides is 1. The number of nitrogens with two attached hydrogens (primary N) is 1. The standard InChI is InChI=1S/C24H25F2N3O3S/c1-2-31-22(24(30)29-14-15-5-7-16(8-6-15)23(27)28)20-18(25)9-10-19(21(20)26)32-12-11-17-4-3-13-33-17/h3-10,13,22H,2,11-12,14H2,1H3,(H3,27,28)(H,29,30). The fourth-order valence-corrected chi connectivity index (χ4v) is 3.85. The Hall–Kier alpha value is -3.30. The first-order chi connectivity index (χ1) is 15.9. The highest BCUT2D eigenvalue weighted by atomic mass is 32.1. The lowest BCUT2D eigenvalue weighted by Crippen LogP contribution is -2.31. The van der Waals surface area contributed by atoms with Gasteiger partial charge in [0, 0.05) is 30.0 Å². The minimum absolute atomic E-state index is 0.0644. The van der Waals surface area contributed by atoms with Crippen molar-refractivity contribution in [2.24, 2.45) is 5.73 Å². The second-order valence-corrected chi connectivity index (χ2v) is 8.15. The number of nitrogens with one attached hydrogen (secondary N) is 2. The van der Waals surface area contributed by atoms with Gasteiger partial charge < -0.3 is 20.5 Å². The molecule has 0 spiro atoms. The molecule has 33 heavy (non-hydrogen) atoms. The maximum absolute atomic E-state index is 15.2. The van der Waals surface area contributed by atoms with Crippen LogP contribution in [0.4, 0.5) is 8.78 Å². The van der Waals surface area contributed by atoms with Gasteiger partial charge in [0.15, 0.2) is 17.7 Å². The zero-order valence-electron chi connectivity index (χ0n) is 18.1. The molecule has 1 aromatic heterocycles. The third-order valence-corrected chi connectivity index (χ3v) is 5.78. The van der Waals surface area contributed by atoms with E-state index in [4.69, 9.17) is 20.6 Å². The van der Waals surface area contributed by atoms with Gasteiger partial charge >= 0.3 is 0 Å². The molecule has 0 fully saturated rings. The maximum Gasteiger partial charge on any atom is 0.254 e. The van der Waals surface area contributed by atoms with Crippen LogP contribution < -0.4 is 15.8 Å². The van der Waals surface area contributed by atoms with Crippen molar-refractivity contribution >= 4 is 23.1 Å². The first kappa shape index (κ1) is 24.3. The molecule has 1 amide bonds. The summed E-state index contributed by atoms with van der Waals surface area (Å²) in [5, 5.41) is 12.0. The number of hydrogen-bond acceptors (Lipinski definition) is 5. The molecule has 0 aliphatic heterocycles. The molecule has 1 atom stereocenters. The van der Waals surface area contributed by atoms with E-state index in [0.717, 1.165) is 16.5 Å². The molecule has 1 heterocycles. The normalized spacial score (nSPS) is 11.7. The van der Waals surface area contributed by atoms with Crippen LogP contribution in [0.2, 0.25) is 0 Å². The molecular weight excluding hydrogens is 448 g/mol. The number of benzene rings is 2. The van der Waals surface area contributed by atoms with Crippen LogP contribution in [0.25, 0.3) is 0 Å². The summed E-state index contributed by atoms with van der Waals surface area (Å²) in [6.07, 6.45) is -0.894. The molecule has 0 radical (unpaired) electrons. The van der Waals surface area contributed by atoms with Gasteiger partial charge in [-0.3, -0.25) is 10.2 Å². The highest BCUT2D eigenvalue weighted by Crippen LogP contribution is 2.30. The van der Waals surface area contributed by atoms with Crippen LogP contribution in [-0.2, 0) is 22.5 Å². The molecule has 9 heteroatoms. The molecule has 2 aromatic carbocycles. The maximum atomic E-state index is 15.2. The predicted molar refractivity (Wildman–Crippen MR) is 124 cm³/mol. The van der Waals surface area contributed by atoms with E-state index < -0.39 is 29.2 Å². The van der Waals surface area contributed by atoms with Crippen molar-refractivity contribution in [3.05, 3.63) is 87.1 Å². The molecule has 6 nitrogen and oxygen atoms in total. The van der Waals surface area contributed by atoms with E-state index in [9.17, 15) is 9.18 Å². The van der Waals surface area contributed by atoms with Gasteiger partial charge in [0.1, 0.15) is 11.7 Å². The Bertz CT molecular complexity index is 1090. The van der Waals surface area contributed by atoms with Crippen LogP contribution >= 0.6 is 11.3 Å². The van der Waals surface area contributed by atoms with Gasteiger partial charge in [0.2, 0.25) is 0 Å². The van der Waals surface area contributed by atoms with Gasteiger partial charge in [0.25, 0.3) is 5.91 Å². The second-order valence-electron chi connectivity index (χ2n) is 7.11. The number of hydrogen-bond donors (Lipinski definition) is 3. The summed E-state index contributed by atoms with van der Waals surface area (Å²) in [4.78, 5) is 13.9. The fraction of sp³-hybridized carbons (Fsp3) is 0.250. The largest absolute Gasteiger partial charge is 0.490 e. The van der Waals surface area contributed by atoms with Gasteiger partial charge in [0.05, 0.1) is 12.2 Å². The Balaban J connectivity index is 1.72. The van der Waals surface area contributed by atoms with Crippen LogP contribution in [0, 0.1) is 17.0 Å². The van der Waals surface area contributed by atoms with E-state index in [2.05, 4.69) is 5.32 Å². The molecule has 3 rings (SSSR count). The van der Waals surface area contributed by atoms with E-state index in [0.29, 0.717) is 12.0 Å². The Morgan fingerprint density at radius 3 is 2.58 bits per heavy atom. The molecule has 0 aliphatic rings. The van der Waals surface area contributed by atoms with Crippen molar-refractivity contribution in [1.82, 2.24) is 5.32 Å². The number of nitrogen functional groups attached to an aromatic ring is 1. The topological polar surface area (TPSA) is 97.4 Å². The van der Waals surface area contributed by atoms with Crippen LogP contribution in [0.3, 0.4) is 0 Å². The van der Waals surface area contributed by atoms with Crippen LogP contribution in [-0.4, -0.2) is 25.0 Å². The zero-order chi connectivity index (χ0) is 23.8. The number of rotatable bonds is 11. The summed E-state index contributed by atoms with van der Waals surface area (Å²) in [6.45, 7) is 2.04. The van der Waals surface area contributed by atoms with Crippen LogP contribution in [0.15, 0.2) is 53.9 Å². The molecular formula is C24H25F2N3O3S. The molecule has 174 valence electrons. The molecule has 4 N–H and O–H groups in total. The van der Waals surface area contributed by atoms with E-state index in [1.165, 1.54) is 6.07 Å². The first-order valence-corrected chi connectivity index (χ1v) is 11.2. The van der Waals surface area contributed by atoms with E-state index in [1.807, 2.05) is 17.5 Å². The lowest BCUT2D eigenvalue weighted by molar-refractivity contribution is -0.133. The van der Waals surface area contributed by atoms with E-state index in [-0.39, 0.29) is 31.3 Å². The van der Waals surface area contributed by atoms with E-state index in [1.54, 1.807) is 42.5 Å². The summed E-state index contributed by atoms with van der Waals surface area (Å²) in [5.74, 6) is -2.73. The quantitative estimate of drug-likeness (QED) is 0.285. The average molecular weight is 474 g/mol. The van der Waals surface area contributed by atoms with Gasteiger partial charge in [-0.05, 0) is 36.1 Å². The summed E-state index contributed by atoms with van der Waals surface area (Å²) < 4.78 is 40.7. The summed E-state index contributed by atoms with van der Waals surface area (Å²) in [5.41, 5.74) is 6.23. The van der Waals surface area contributed by atoms with Gasteiger partial charge in [-0.15, -0.1) is 11.3 Å². The van der Waals surface area contributed by atoms with Gasteiger partial charge in [-0.1, -0.05) is 30.3 Å². The van der Waals surface area contributed by atoms with Crippen molar-refractivity contribution in [3.63, 3.8) is 0 Å². The van der Waals surface area contributed by atoms with Gasteiger partial charge in [-0.2, -0.15) is 0 Å². The molecule has 3 aromatic rings. The Morgan fingerprint density at radius 1 is 1.18 bits per heavy atom. The summed E-state index contributed by atoms with van der Waals surface area (Å²) in [6, 6.07) is 12.9. The lowest BCUT2D eigenvalue weighted by Gasteiger charge is -2.20. The van der Waals surface area contributed by atoms with Crippen molar-refractivity contribution < 1.29 is 23.0 Å². The Labute approximate surface area is 194 Å². The highest BCUT2D eigenvalue weighted by molar-refractivity contribution is 7.09. The SMILES string of the molecule is CCOC(C(=O)NCc1ccc(C(=N)N)cc1)c1c(F)ccc(OCCc2cccs2)c1F. The minimum Gasteiger partial charge on any atom is -0.490 e. The number of halogens is 2. The molecule has 1 unspecified atom stereocenters. The molecule has 0 bridgehead atoms. The Morgan fingerprint density at radius 2 is 1.94 bits per heavy atom. The molecule has 0 saturated carbocycles. The monoisotopic (exact) mass is 473 g/mol. The smallest absolute Gasteiger partial charge is 0.254 e. The molecule has 0 aliphatic carbocycles. The van der Waals surface area contributed by atoms with Crippen LogP contribution in [0.5, 0.6) is 5.75 Å². The molecule has 0 saturated heterocycles. The van der Waals surface area contributed by atoms with Crippen molar-refractivity contribution in [3.8, 4) is 5.75 Å². The fourth-order valence-electron chi connectivity index (χ4n) is 3.16. The average Bonchev–Trinajstić information content (AvgIpc) is 3.32. The number of thiophene rings is 1. The number of carbonyl (C=O) groups is 1. The minimum atomic E-state index is -1.48. The second kappa shape index (κ2) is 11.5. The van der Waals surface area contributed by atoms with Crippen molar-refractivity contribution in [1.29, 1.82) is 5.41 Å². The third-order valence-electron chi connectivity index (χ3n) is 4.84. The summed E-state index contributed by atoms with van der Waals surface area (Å²) >= 11 is 1.57. The lowest BCUT2D eigenvalue weighted by atomic mass is 10.1. The Kier molecular flexibility index (Phi) is 8.51. The van der Waals surface area contributed by atoms with Gasteiger partial charge in [-0.25, -0.2) is 8.78 Å². The third kappa shape index (κ3) is 6.36. The predicted octanol–water partition coefficient (Wildman–Crippen LogP) is 4.33. The number of carbonyl (C=O) groups excluding carboxylic acids is 1. The van der Waals surface area contributed by atoms with E-state index >= 15 is 4.39 Å². The van der Waals surface area contributed by atoms with Crippen molar-refractivity contribution in [2.45, 2.75) is 26.0 Å². The van der Waals surface area contributed by atoms with Crippen LogP contribution in [0.1, 0.15) is 34.6 Å². The zero-order valence-corrected chi connectivity index (χ0v) is 18.9. The number of amidine groups is 1. The highest BCUT2D eigenvalue weighted by Gasteiger charge is 2.29. The first-order valence-electron chi connectivity index (χ1n) is 10.4. The number of ether oxygens (including phenoxy) is 2. The van der Waals surface area contributed by atoms with Crippen molar-refractivity contribution in [2.75, 3.05) is 13.2 Å². The summed E-state index contributed by atoms with van der Waals surface area (Å²) in [7, 11) is 0.